The highest BCUT2D eigenvalue weighted by molar-refractivity contribution is 7.89. The van der Waals surface area contributed by atoms with Crippen molar-refractivity contribution < 1.29 is 17.9 Å². The predicted octanol–water partition coefficient (Wildman–Crippen LogP) is 5.31. The quantitative estimate of drug-likeness (QED) is 0.417. The second-order valence-electron chi connectivity index (χ2n) is 8.34. The van der Waals surface area contributed by atoms with Gasteiger partial charge in [0, 0.05) is 5.69 Å². The molecule has 0 heterocycles. The summed E-state index contributed by atoms with van der Waals surface area (Å²) in [5.41, 5.74) is 3.42. The number of nitrogens with one attached hydrogen (secondary N) is 2. The van der Waals surface area contributed by atoms with Gasteiger partial charge < -0.3 is 10.1 Å². The summed E-state index contributed by atoms with van der Waals surface area (Å²) in [5, 5.41) is 3.14. The molecule has 0 fully saturated rings. The molecule has 180 valence electrons. The molecular formula is C26H29ClN2O4S. The maximum absolute atomic E-state index is 13.4. The van der Waals surface area contributed by atoms with Crippen LogP contribution in [0.3, 0.4) is 0 Å². The summed E-state index contributed by atoms with van der Waals surface area (Å²) < 4.78 is 34.1. The van der Waals surface area contributed by atoms with Crippen LogP contribution in [0.2, 0.25) is 5.02 Å². The summed E-state index contributed by atoms with van der Waals surface area (Å²) in [6, 6.07) is 18.2. The van der Waals surface area contributed by atoms with Crippen LogP contribution < -0.4 is 14.8 Å². The van der Waals surface area contributed by atoms with Crippen LogP contribution in [0.1, 0.15) is 36.5 Å². The third-order valence-corrected chi connectivity index (χ3v) is 7.27. The average Bonchev–Trinajstić information content (AvgIpc) is 2.80. The Kier molecular flexibility index (Phi) is 8.36. The van der Waals surface area contributed by atoms with E-state index in [1.165, 1.54) is 25.3 Å². The van der Waals surface area contributed by atoms with Gasteiger partial charge >= 0.3 is 0 Å². The zero-order chi connectivity index (χ0) is 24.9. The summed E-state index contributed by atoms with van der Waals surface area (Å²) in [5.74, 6) is 0.101. The smallest absolute Gasteiger partial charge is 0.242 e. The van der Waals surface area contributed by atoms with Crippen molar-refractivity contribution in [2.24, 2.45) is 0 Å². The van der Waals surface area contributed by atoms with Gasteiger partial charge in [-0.25, -0.2) is 8.42 Å². The lowest BCUT2D eigenvalue weighted by Crippen LogP contribution is -2.45. The van der Waals surface area contributed by atoms with Crippen molar-refractivity contribution >= 4 is 33.2 Å². The normalized spacial score (nSPS) is 12.4. The van der Waals surface area contributed by atoms with Crippen molar-refractivity contribution in [1.29, 1.82) is 0 Å². The third kappa shape index (κ3) is 6.17. The molecule has 0 saturated carbocycles. The largest absolute Gasteiger partial charge is 0.495 e. The van der Waals surface area contributed by atoms with E-state index in [2.05, 4.69) is 10.0 Å². The fourth-order valence-electron chi connectivity index (χ4n) is 3.66. The fraction of sp³-hybridized carbons (Fsp3) is 0.269. The molecule has 3 aromatic rings. The number of rotatable bonds is 9. The van der Waals surface area contributed by atoms with Crippen LogP contribution in [0.15, 0.2) is 71.6 Å². The molecule has 34 heavy (non-hydrogen) atoms. The van der Waals surface area contributed by atoms with E-state index < -0.39 is 22.0 Å². The van der Waals surface area contributed by atoms with Crippen molar-refractivity contribution in [3.63, 3.8) is 0 Å². The van der Waals surface area contributed by atoms with Gasteiger partial charge in [-0.2, -0.15) is 4.72 Å². The van der Waals surface area contributed by atoms with Crippen molar-refractivity contribution in [2.75, 3.05) is 12.4 Å². The van der Waals surface area contributed by atoms with E-state index >= 15 is 0 Å². The highest BCUT2D eigenvalue weighted by Crippen LogP contribution is 2.29. The molecule has 0 bridgehead atoms. The van der Waals surface area contributed by atoms with Crippen molar-refractivity contribution in [3.05, 3.63) is 88.4 Å². The number of hydrogen-bond donors (Lipinski definition) is 2. The number of sulfonamides is 1. The maximum Gasteiger partial charge on any atom is 0.242 e. The molecule has 0 aliphatic rings. The molecule has 6 nitrogen and oxygen atoms in total. The molecule has 0 unspecified atom stereocenters. The van der Waals surface area contributed by atoms with Crippen LogP contribution in [0, 0.1) is 6.92 Å². The van der Waals surface area contributed by atoms with Gasteiger partial charge in [-0.05, 0) is 54.2 Å². The van der Waals surface area contributed by atoms with Crippen LogP contribution in [0.4, 0.5) is 5.69 Å². The topological polar surface area (TPSA) is 84.5 Å². The van der Waals surface area contributed by atoms with E-state index in [0.717, 1.165) is 16.7 Å². The number of hydrogen-bond acceptors (Lipinski definition) is 4. The Labute approximate surface area is 206 Å². The minimum atomic E-state index is -4.05. The summed E-state index contributed by atoms with van der Waals surface area (Å²) in [6.45, 7) is 6.00. The number of amides is 1. The third-order valence-electron chi connectivity index (χ3n) is 5.51. The zero-order valence-electron chi connectivity index (χ0n) is 19.6. The molecule has 8 heteroatoms. The van der Waals surface area contributed by atoms with Crippen molar-refractivity contribution in [2.45, 2.75) is 44.0 Å². The minimum absolute atomic E-state index is 0.0528. The summed E-state index contributed by atoms with van der Waals surface area (Å²) in [7, 11) is -2.60. The van der Waals surface area contributed by atoms with Crippen molar-refractivity contribution in [3.8, 4) is 5.75 Å². The molecule has 0 aliphatic heterocycles. The predicted molar refractivity (Wildman–Crippen MR) is 136 cm³/mol. The lowest BCUT2D eigenvalue weighted by atomic mass is 9.97. The lowest BCUT2D eigenvalue weighted by molar-refractivity contribution is -0.117. The summed E-state index contributed by atoms with van der Waals surface area (Å²) in [4.78, 5) is 13.4. The van der Waals surface area contributed by atoms with Gasteiger partial charge in [0.25, 0.3) is 0 Å². The van der Waals surface area contributed by atoms with Crippen LogP contribution in [-0.2, 0) is 21.2 Å². The number of methoxy groups -OCH3 is 1. The van der Waals surface area contributed by atoms with Gasteiger partial charge in [-0.3, -0.25) is 4.79 Å². The second-order valence-corrected chi connectivity index (χ2v) is 10.5. The SMILES string of the molecule is COc1ccc(S(=O)(=O)N[C@@H](Cc2ccccc2)C(=O)Nc2c(C)cccc2C(C)C)cc1Cl. The Hall–Kier alpha value is -2.87. The first-order valence-corrected chi connectivity index (χ1v) is 12.8. The van der Waals surface area contributed by atoms with E-state index in [1.54, 1.807) is 0 Å². The molecule has 1 atom stereocenters. The van der Waals surface area contributed by atoms with Crippen LogP contribution in [0.25, 0.3) is 0 Å². The molecule has 0 aliphatic carbocycles. The van der Waals surface area contributed by atoms with Gasteiger partial charge in [0.15, 0.2) is 0 Å². The second kappa shape index (κ2) is 11.0. The molecule has 2 N–H and O–H groups in total. The monoisotopic (exact) mass is 500 g/mol. The molecular weight excluding hydrogens is 472 g/mol. The first-order valence-electron chi connectivity index (χ1n) is 10.9. The number of benzene rings is 3. The Morgan fingerprint density at radius 1 is 1.03 bits per heavy atom. The number of anilines is 1. The maximum atomic E-state index is 13.4. The molecule has 3 rings (SSSR count). The zero-order valence-corrected chi connectivity index (χ0v) is 21.2. The van der Waals surface area contributed by atoms with Crippen LogP contribution in [-0.4, -0.2) is 27.5 Å². The average molecular weight is 501 g/mol. The Morgan fingerprint density at radius 2 is 1.74 bits per heavy atom. The van der Waals surface area contributed by atoms with E-state index in [1.807, 2.05) is 69.3 Å². The Bertz CT molecular complexity index is 1260. The van der Waals surface area contributed by atoms with Gasteiger partial charge in [-0.1, -0.05) is 74.0 Å². The van der Waals surface area contributed by atoms with Crippen LogP contribution >= 0.6 is 11.6 Å². The highest BCUT2D eigenvalue weighted by atomic mass is 35.5. The van der Waals surface area contributed by atoms with Gasteiger partial charge in [-0.15, -0.1) is 0 Å². The van der Waals surface area contributed by atoms with Gasteiger partial charge in [0.2, 0.25) is 15.9 Å². The number of carbonyl (C=O) groups excluding carboxylic acids is 1. The molecule has 1 amide bonds. The van der Waals surface area contributed by atoms with Crippen LogP contribution in [0.5, 0.6) is 5.75 Å². The molecule has 0 radical (unpaired) electrons. The number of halogens is 1. The summed E-state index contributed by atoms with van der Waals surface area (Å²) >= 11 is 6.14. The molecule has 3 aromatic carbocycles. The summed E-state index contributed by atoms with van der Waals surface area (Å²) in [6.07, 6.45) is 0.179. The lowest BCUT2D eigenvalue weighted by Gasteiger charge is -2.22. The van der Waals surface area contributed by atoms with Crippen molar-refractivity contribution in [1.82, 2.24) is 4.72 Å². The molecule has 0 spiro atoms. The standard InChI is InChI=1S/C26H29ClN2O4S/c1-17(2)21-12-8-9-18(3)25(21)28-26(30)23(15-19-10-6-5-7-11-19)29-34(31,32)20-13-14-24(33-4)22(27)16-20/h5-14,16-17,23,29H,15H2,1-4H3,(H,28,30)/t23-/m0/s1. The highest BCUT2D eigenvalue weighted by Gasteiger charge is 2.28. The first-order chi connectivity index (χ1) is 16.1. The number of ether oxygens (including phenoxy) is 1. The van der Waals surface area contributed by atoms with E-state index in [-0.39, 0.29) is 22.3 Å². The molecule has 0 saturated heterocycles. The van der Waals surface area contributed by atoms with E-state index in [0.29, 0.717) is 11.4 Å². The first kappa shape index (κ1) is 25.7. The Morgan fingerprint density at radius 3 is 2.35 bits per heavy atom. The Balaban J connectivity index is 1.94. The van der Waals surface area contributed by atoms with Gasteiger partial charge in [0.05, 0.1) is 17.0 Å². The van der Waals surface area contributed by atoms with E-state index in [9.17, 15) is 13.2 Å². The van der Waals surface area contributed by atoms with Gasteiger partial charge in [0.1, 0.15) is 11.8 Å². The minimum Gasteiger partial charge on any atom is -0.495 e. The number of carbonyl (C=O) groups is 1. The number of aryl methyl sites for hydroxylation is 1. The van der Waals surface area contributed by atoms with E-state index in [4.69, 9.17) is 16.3 Å². The molecule has 0 aromatic heterocycles. The number of para-hydroxylation sites is 1. The fourth-order valence-corrected chi connectivity index (χ4v) is 5.20.